The predicted molar refractivity (Wildman–Crippen MR) is 119 cm³/mol. The molecule has 5 heteroatoms. The van der Waals surface area contributed by atoms with Gasteiger partial charge in [-0.05, 0) is 42.7 Å². The van der Waals surface area contributed by atoms with Crippen LogP contribution in [0, 0.1) is 0 Å². The van der Waals surface area contributed by atoms with Crippen LogP contribution in [0.15, 0.2) is 71.4 Å². The number of anilines is 2. The van der Waals surface area contributed by atoms with Gasteiger partial charge in [0.1, 0.15) is 11.3 Å². The number of imidazole rings is 1. The summed E-state index contributed by atoms with van der Waals surface area (Å²) in [6, 6.07) is 17.1. The molecular formula is C23H26N4S. The van der Waals surface area contributed by atoms with Crippen LogP contribution in [0.5, 0.6) is 0 Å². The van der Waals surface area contributed by atoms with Gasteiger partial charge in [-0.1, -0.05) is 55.4 Å². The molecule has 1 atom stereocenters. The molecule has 0 radical (unpaired) electrons. The minimum Gasteiger partial charge on any atom is -0.334 e. The second-order valence-electron chi connectivity index (χ2n) is 6.94. The van der Waals surface area contributed by atoms with E-state index in [1.54, 1.807) is 11.8 Å². The van der Waals surface area contributed by atoms with Gasteiger partial charge in [0.15, 0.2) is 0 Å². The standard InChI is InChI=1S/C23H26N4S/c1-4-16(5-2)21(22-25-14-15-26(22)3)17-10-12-18(13-11-17)27-19-8-6-7-9-20(19)28-23(27)24/h6-15,23H,4-5,24H2,1-3H3. The van der Waals surface area contributed by atoms with E-state index >= 15 is 0 Å². The molecule has 1 aromatic heterocycles. The van der Waals surface area contributed by atoms with E-state index in [1.165, 1.54) is 27.3 Å². The van der Waals surface area contributed by atoms with Crippen molar-refractivity contribution in [2.75, 3.05) is 4.90 Å². The van der Waals surface area contributed by atoms with Crippen LogP contribution in [0.3, 0.4) is 0 Å². The molecule has 28 heavy (non-hydrogen) atoms. The van der Waals surface area contributed by atoms with Gasteiger partial charge in [-0.25, -0.2) is 4.98 Å². The van der Waals surface area contributed by atoms with Gasteiger partial charge in [0.05, 0.1) is 5.69 Å². The SMILES string of the molecule is CCC(CC)=C(c1ccc(N2c3ccccc3SC2N)cc1)c1nccn1C. The molecule has 1 aliphatic rings. The Bertz CT molecular complexity index is 997. The summed E-state index contributed by atoms with van der Waals surface area (Å²) in [5, 5.41) is 0. The zero-order valence-corrected chi connectivity index (χ0v) is 17.4. The van der Waals surface area contributed by atoms with Crippen molar-refractivity contribution in [2.45, 2.75) is 37.1 Å². The van der Waals surface area contributed by atoms with Crippen LogP contribution >= 0.6 is 11.8 Å². The van der Waals surface area contributed by atoms with Gasteiger partial charge in [0.2, 0.25) is 0 Å². The third kappa shape index (κ3) is 3.25. The highest BCUT2D eigenvalue weighted by Gasteiger charge is 2.28. The first kappa shape index (κ1) is 18.8. The normalized spacial score (nSPS) is 15.6. The monoisotopic (exact) mass is 390 g/mol. The number of rotatable bonds is 5. The van der Waals surface area contributed by atoms with Crippen LogP contribution < -0.4 is 10.6 Å². The molecule has 0 saturated carbocycles. The number of aryl methyl sites for hydroxylation is 1. The van der Waals surface area contributed by atoms with Crippen LogP contribution in [0.1, 0.15) is 38.1 Å². The van der Waals surface area contributed by atoms with Gasteiger partial charge in [-0.2, -0.15) is 0 Å². The highest BCUT2D eigenvalue weighted by molar-refractivity contribution is 8.00. The Morgan fingerprint density at radius 1 is 1.07 bits per heavy atom. The lowest BCUT2D eigenvalue weighted by molar-refractivity contribution is 0.880. The number of aromatic nitrogens is 2. The summed E-state index contributed by atoms with van der Waals surface area (Å²) in [7, 11) is 2.05. The fourth-order valence-corrected chi connectivity index (χ4v) is 4.90. The van der Waals surface area contributed by atoms with Crippen LogP contribution in [-0.4, -0.2) is 15.0 Å². The van der Waals surface area contributed by atoms with E-state index in [0.29, 0.717) is 0 Å². The number of nitrogens with two attached hydrogens (primary N) is 1. The summed E-state index contributed by atoms with van der Waals surface area (Å²) in [5.74, 6) is 1.02. The lowest BCUT2D eigenvalue weighted by Gasteiger charge is -2.24. The Morgan fingerprint density at radius 2 is 1.79 bits per heavy atom. The predicted octanol–water partition coefficient (Wildman–Crippen LogP) is 5.53. The molecule has 1 aliphatic heterocycles. The summed E-state index contributed by atoms with van der Waals surface area (Å²) in [5.41, 5.74) is 12.5. The number of para-hydroxylation sites is 1. The lowest BCUT2D eigenvalue weighted by Crippen LogP contribution is -2.31. The van der Waals surface area contributed by atoms with Crippen molar-refractivity contribution in [2.24, 2.45) is 12.8 Å². The Balaban J connectivity index is 1.75. The molecule has 3 aromatic rings. The number of benzene rings is 2. The van der Waals surface area contributed by atoms with Crippen LogP contribution in [0.4, 0.5) is 11.4 Å². The van der Waals surface area contributed by atoms with E-state index in [-0.39, 0.29) is 5.50 Å². The summed E-state index contributed by atoms with van der Waals surface area (Å²) in [6.07, 6.45) is 5.90. The molecule has 4 nitrogen and oxygen atoms in total. The van der Waals surface area contributed by atoms with Crippen molar-refractivity contribution >= 4 is 28.7 Å². The number of hydrogen-bond acceptors (Lipinski definition) is 4. The largest absolute Gasteiger partial charge is 0.334 e. The van der Waals surface area contributed by atoms with E-state index in [9.17, 15) is 0 Å². The first-order valence-electron chi connectivity index (χ1n) is 9.74. The van der Waals surface area contributed by atoms with Crippen LogP contribution in [0.2, 0.25) is 0 Å². The van der Waals surface area contributed by atoms with Crippen LogP contribution in [0.25, 0.3) is 5.57 Å². The van der Waals surface area contributed by atoms with Crippen molar-refractivity contribution in [3.63, 3.8) is 0 Å². The van der Waals surface area contributed by atoms with Crippen molar-refractivity contribution in [3.05, 3.63) is 77.9 Å². The molecule has 144 valence electrons. The number of hydrogen-bond donors (Lipinski definition) is 1. The van der Waals surface area contributed by atoms with E-state index in [4.69, 9.17) is 5.73 Å². The number of nitrogens with zero attached hydrogens (tertiary/aromatic N) is 3. The fraction of sp³-hybridized carbons (Fsp3) is 0.261. The van der Waals surface area contributed by atoms with Gasteiger partial charge in [0.25, 0.3) is 0 Å². The molecule has 0 amide bonds. The van der Waals surface area contributed by atoms with E-state index in [1.807, 2.05) is 12.4 Å². The van der Waals surface area contributed by atoms with Gasteiger partial charge in [-0.3, -0.25) is 0 Å². The maximum absolute atomic E-state index is 6.41. The van der Waals surface area contributed by atoms with E-state index < -0.39 is 0 Å². The maximum Gasteiger partial charge on any atom is 0.140 e. The smallest absolute Gasteiger partial charge is 0.140 e. The molecule has 2 N–H and O–H groups in total. The highest BCUT2D eigenvalue weighted by atomic mass is 32.2. The lowest BCUT2D eigenvalue weighted by atomic mass is 9.95. The highest BCUT2D eigenvalue weighted by Crippen LogP contribution is 2.45. The van der Waals surface area contributed by atoms with E-state index in [0.717, 1.165) is 24.4 Å². The number of fused-ring (bicyclic) bond motifs is 1. The second kappa shape index (κ2) is 7.86. The third-order valence-electron chi connectivity index (χ3n) is 5.31. The maximum atomic E-state index is 6.41. The zero-order valence-electron chi connectivity index (χ0n) is 16.6. The quantitative estimate of drug-likeness (QED) is 0.622. The van der Waals surface area contributed by atoms with Crippen LogP contribution in [-0.2, 0) is 7.05 Å². The third-order valence-corrected chi connectivity index (χ3v) is 6.36. The first-order chi connectivity index (χ1) is 13.6. The van der Waals surface area contributed by atoms with Crippen molar-refractivity contribution in [3.8, 4) is 0 Å². The summed E-state index contributed by atoms with van der Waals surface area (Å²) >= 11 is 1.70. The summed E-state index contributed by atoms with van der Waals surface area (Å²) < 4.78 is 2.10. The Morgan fingerprint density at radius 3 is 2.43 bits per heavy atom. The molecule has 0 bridgehead atoms. The van der Waals surface area contributed by atoms with Crippen molar-refractivity contribution < 1.29 is 0 Å². The summed E-state index contributed by atoms with van der Waals surface area (Å²) in [6.45, 7) is 4.43. The molecule has 4 rings (SSSR count). The average Bonchev–Trinajstić information content (AvgIpc) is 3.28. The van der Waals surface area contributed by atoms with Gasteiger partial charge < -0.3 is 15.2 Å². The minimum atomic E-state index is -0.102. The van der Waals surface area contributed by atoms with Crippen molar-refractivity contribution in [1.29, 1.82) is 0 Å². The average molecular weight is 391 g/mol. The summed E-state index contributed by atoms with van der Waals surface area (Å²) in [4.78, 5) is 8.05. The molecule has 1 unspecified atom stereocenters. The fourth-order valence-electron chi connectivity index (χ4n) is 3.85. The van der Waals surface area contributed by atoms with Gasteiger partial charge in [-0.15, -0.1) is 0 Å². The molecule has 0 saturated heterocycles. The molecule has 2 aromatic carbocycles. The molecule has 0 fully saturated rings. The molecule has 2 heterocycles. The zero-order chi connectivity index (χ0) is 19.7. The second-order valence-corrected chi connectivity index (χ2v) is 8.10. The van der Waals surface area contributed by atoms with Gasteiger partial charge >= 0.3 is 0 Å². The molecule has 0 spiro atoms. The Kier molecular flexibility index (Phi) is 5.29. The van der Waals surface area contributed by atoms with E-state index in [2.05, 4.69) is 83.9 Å². The molecular weight excluding hydrogens is 364 g/mol. The van der Waals surface area contributed by atoms with Gasteiger partial charge in [0, 0.05) is 35.6 Å². The number of thioether (sulfide) groups is 1. The molecule has 0 aliphatic carbocycles. The van der Waals surface area contributed by atoms with Crippen molar-refractivity contribution in [1.82, 2.24) is 9.55 Å². The Hall–Kier alpha value is -2.50. The Labute approximate surface area is 171 Å². The minimum absolute atomic E-state index is 0.102. The first-order valence-corrected chi connectivity index (χ1v) is 10.6. The topological polar surface area (TPSA) is 47.1 Å². The number of allylic oxidation sites excluding steroid dienone is 1.